The summed E-state index contributed by atoms with van der Waals surface area (Å²) in [6, 6.07) is 11.6. The number of hydrogen-bond donors (Lipinski definition) is 0. The first-order valence-electron chi connectivity index (χ1n) is 11.3. The van der Waals surface area contributed by atoms with Gasteiger partial charge >= 0.3 is 24.7 Å². The lowest BCUT2D eigenvalue weighted by atomic mass is 9.95. The molecule has 0 bridgehead atoms. The second-order valence-corrected chi connectivity index (χ2v) is 8.61. The van der Waals surface area contributed by atoms with E-state index in [2.05, 4.69) is 0 Å². The van der Waals surface area contributed by atoms with Crippen LogP contribution in [0.5, 0.6) is 11.5 Å². The van der Waals surface area contributed by atoms with Crippen LogP contribution in [-0.4, -0.2) is 0 Å². The summed E-state index contributed by atoms with van der Waals surface area (Å²) in [6.45, 7) is 0. The molecule has 0 fully saturated rings. The predicted molar refractivity (Wildman–Crippen MR) is 124 cm³/mol. The first-order chi connectivity index (χ1) is 18.9. The Balaban J connectivity index is 1.87. The number of benzene rings is 4. The van der Waals surface area contributed by atoms with Crippen LogP contribution in [0.3, 0.4) is 0 Å². The van der Waals surface area contributed by atoms with E-state index >= 15 is 0 Å². The maximum atomic E-state index is 13.8. The predicted octanol–water partition coefficient (Wildman–Crippen LogP) is 10.9. The Bertz CT molecular complexity index is 1440. The number of alkyl halides is 12. The normalized spacial score (nSPS) is 12.9. The highest BCUT2D eigenvalue weighted by molar-refractivity contribution is 5.78. The second kappa shape index (κ2) is 10.3. The van der Waals surface area contributed by atoms with Crippen LogP contribution in [0.1, 0.15) is 22.3 Å². The van der Waals surface area contributed by atoms with Crippen LogP contribution in [0.15, 0.2) is 84.9 Å². The molecule has 4 aromatic rings. The average Bonchev–Trinajstić information content (AvgIpc) is 2.86. The van der Waals surface area contributed by atoms with Crippen molar-refractivity contribution in [1.82, 2.24) is 0 Å². The van der Waals surface area contributed by atoms with Crippen molar-refractivity contribution in [2.75, 3.05) is 0 Å². The zero-order valence-electron chi connectivity index (χ0n) is 20.0. The monoisotopic (exact) mass is 594 g/mol. The Morgan fingerprint density at radius 1 is 0.366 bits per heavy atom. The largest absolute Gasteiger partial charge is 0.456 e. The molecule has 0 saturated heterocycles. The maximum Gasteiger partial charge on any atom is 0.417 e. The number of halogens is 12. The molecule has 13 heteroatoms. The van der Waals surface area contributed by atoms with Crippen LogP contribution >= 0.6 is 0 Å². The topological polar surface area (TPSA) is 9.23 Å². The van der Waals surface area contributed by atoms with Crippen LogP contribution in [0.2, 0.25) is 0 Å². The third kappa shape index (κ3) is 6.44. The molecule has 0 radical (unpaired) electrons. The van der Waals surface area contributed by atoms with Crippen molar-refractivity contribution in [3.05, 3.63) is 107 Å². The number of ether oxygens (including phenoxy) is 1. The van der Waals surface area contributed by atoms with E-state index in [-0.39, 0.29) is 34.8 Å². The number of para-hydroxylation sites is 2. The molecule has 216 valence electrons. The van der Waals surface area contributed by atoms with Gasteiger partial charge in [-0.3, -0.25) is 0 Å². The van der Waals surface area contributed by atoms with Crippen molar-refractivity contribution in [2.24, 2.45) is 0 Å². The fourth-order valence-corrected chi connectivity index (χ4v) is 4.05. The fourth-order valence-electron chi connectivity index (χ4n) is 4.05. The molecule has 0 amide bonds. The van der Waals surface area contributed by atoms with E-state index in [0.29, 0.717) is 24.3 Å². The molecule has 0 aromatic heterocycles. The second-order valence-electron chi connectivity index (χ2n) is 8.61. The van der Waals surface area contributed by atoms with Gasteiger partial charge in [0, 0.05) is 11.1 Å². The van der Waals surface area contributed by atoms with Crippen molar-refractivity contribution in [3.8, 4) is 33.8 Å². The Kier molecular flexibility index (Phi) is 7.52. The van der Waals surface area contributed by atoms with Crippen molar-refractivity contribution in [2.45, 2.75) is 24.7 Å². The van der Waals surface area contributed by atoms with E-state index in [1.807, 2.05) is 0 Å². The fraction of sp³-hybridized carbons (Fsp3) is 0.143. The summed E-state index contributed by atoms with van der Waals surface area (Å²) in [6.07, 6.45) is -20.6. The van der Waals surface area contributed by atoms with E-state index < -0.39 is 58.1 Å². The molecule has 0 atom stereocenters. The van der Waals surface area contributed by atoms with Crippen LogP contribution in [0.4, 0.5) is 52.7 Å². The zero-order chi connectivity index (χ0) is 30.4. The lowest BCUT2D eigenvalue weighted by Crippen LogP contribution is -2.12. The third-order valence-corrected chi connectivity index (χ3v) is 5.88. The highest BCUT2D eigenvalue weighted by atomic mass is 19.4. The molecule has 0 spiro atoms. The Morgan fingerprint density at radius 3 is 1.02 bits per heavy atom. The Morgan fingerprint density at radius 2 is 0.707 bits per heavy atom. The summed E-state index contributed by atoms with van der Waals surface area (Å²) >= 11 is 0. The van der Waals surface area contributed by atoms with Gasteiger partial charge in [-0.05, 0) is 47.5 Å². The molecule has 0 aliphatic heterocycles. The standard InChI is InChI=1S/C28H14F12O/c29-25(30,31)15-9-11-17(21(13-15)27(35,36)37)19-5-1-3-7-23(19)41-24-8-4-2-6-20(24)18-12-10-16(26(32,33)34)14-22(18)28(38,39)40/h1-14H. The van der Waals surface area contributed by atoms with Gasteiger partial charge in [0.25, 0.3) is 0 Å². The van der Waals surface area contributed by atoms with Gasteiger partial charge < -0.3 is 4.74 Å². The summed E-state index contributed by atoms with van der Waals surface area (Å²) in [4.78, 5) is 0. The van der Waals surface area contributed by atoms with Gasteiger partial charge in [0.15, 0.2) is 0 Å². The number of hydrogen-bond acceptors (Lipinski definition) is 1. The quantitative estimate of drug-likeness (QED) is 0.214. The van der Waals surface area contributed by atoms with Gasteiger partial charge in [0.1, 0.15) is 11.5 Å². The summed E-state index contributed by atoms with van der Waals surface area (Å²) < 4.78 is 167. The summed E-state index contributed by atoms with van der Waals surface area (Å²) in [5.74, 6) is -0.739. The smallest absolute Gasteiger partial charge is 0.417 e. The summed E-state index contributed by atoms with van der Waals surface area (Å²) in [7, 11) is 0. The lowest BCUT2D eigenvalue weighted by molar-refractivity contribution is -0.144. The van der Waals surface area contributed by atoms with Crippen LogP contribution < -0.4 is 4.74 Å². The first-order valence-corrected chi connectivity index (χ1v) is 11.3. The zero-order valence-corrected chi connectivity index (χ0v) is 20.0. The van der Waals surface area contributed by atoms with E-state index in [0.717, 1.165) is 24.3 Å². The molecular formula is C28H14F12O. The van der Waals surface area contributed by atoms with E-state index in [1.165, 1.54) is 24.3 Å². The highest BCUT2D eigenvalue weighted by Gasteiger charge is 2.40. The molecule has 4 aromatic carbocycles. The van der Waals surface area contributed by atoms with Crippen LogP contribution in [0, 0.1) is 0 Å². The molecule has 0 unspecified atom stereocenters. The third-order valence-electron chi connectivity index (χ3n) is 5.88. The molecule has 1 nitrogen and oxygen atoms in total. The van der Waals surface area contributed by atoms with Crippen molar-refractivity contribution in [3.63, 3.8) is 0 Å². The SMILES string of the molecule is FC(F)(F)c1ccc(-c2ccccc2Oc2ccccc2-c2ccc(C(F)(F)F)cc2C(F)(F)F)c(C(F)(F)F)c1. The van der Waals surface area contributed by atoms with Crippen molar-refractivity contribution in [1.29, 1.82) is 0 Å². The Hall–Kier alpha value is -4.16. The van der Waals surface area contributed by atoms with E-state index in [9.17, 15) is 52.7 Å². The number of rotatable bonds is 4. The highest BCUT2D eigenvalue weighted by Crippen LogP contribution is 2.47. The van der Waals surface area contributed by atoms with Gasteiger partial charge in [0.2, 0.25) is 0 Å². The van der Waals surface area contributed by atoms with E-state index in [4.69, 9.17) is 4.74 Å². The minimum Gasteiger partial charge on any atom is -0.456 e. The van der Waals surface area contributed by atoms with Gasteiger partial charge in [-0.1, -0.05) is 48.5 Å². The van der Waals surface area contributed by atoms with Crippen molar-refractivity contribution >= 4 is 0 Å². The minimum atomic E-state index is -5.23. The summed E-state index contributed by atoms with van der Waals surface area (Å²) in [5, 5.41) is 0. The van der Waals surface area contributed by atoms with E-state index in [1.54, 1.807) is 0 Å². The van der Waals surface area contributed by atoms with Crippen molar-refractivity contribution < 1.29 is 57.4 Å². The molecular weight excluding hydrogens is 580 g/mol. The van der Waals surface area contributed by atoms with Gasteiger partial charge in [-0.2, -0.15) is 52.7 Å². The lowest BCUT2D eigenvalue weighted by Gasteiger charge is -2.20. The molecule has 0 aliphatic carbocycles. The average molecular weight is 594 g/mol. The van der Waals surface area contributed by atoms with Gasteiger partial charge in [0.05, 0.1) is 22.3 Å². The molecule has 0 N–H and O–H groups in total. The van der Waals surface area contributed by atoms with Crippen LogP contribution in [-0.2, 0) is 24.7 Å². The molecule has 41 heavy (non-hydrogen) atoms. The van der Waals surface area contributed by atoms with Gasteiger partial charge in [-0.25, -0.2) is 0 Å². The summed E-state index contributed by atoms with van der Waals surface area (Å²) in [5.41, 5.74) is -8.48. The first kappa shape index (κ1) is 29.8. The van der Waals surface area contributed by atoms with Crippen LogP contribution in [0.25, 0.3) is 22.3 Å². The molecule has 0 saturated carbocycles. The van der Waals surface area contributed by atoms with Gasteiger partial charge in [-0.15, -0.1) is 0 Å². The molecule has 0 aliphatic rings. The maximum absolute atomic E-state index is 13.8. The Labute approximate surface area is 223 Å². The molecule has 0 heterocycles. The molecule has 4 rings (SSSR count). The minimum absolute atomic E-state index is 0.0716.